The zero-order valence-corrected chi connectivity index (χ0v) is 15.2. The smallest absolute Gasteiger partial charge is 0.322 e. The summed E-state index contributed by atoms with van der Waals surface area (Å²) in [4.78, 5) is 23.9. The molecule has 0 saturated heterocycles. The summed E-state index contributed by atoms with van der Waals surface area (Å²) in [7, 11) is 0. The molecule has 3 rings (SSSR count). The fourth-order valence-electron chi connectivity index (χ4n) is 2.68. The molecule has 0 amide bonds. The molecule has 0 fully saturated rings. The number of nitrogens with one attached hydrogen (secondary N) is 2. The molecular formula is C19H23N5O3. The molecule has 3 N–H and O–H groups in total. The van der Waals surface area contributed by atoms with Gasteiger partial charge in [0.05, 0.1) is 12.5 Å². The first kappa shape index (κ1) is 18.6. The largest absolute Gasteiger partial charge is 0.481 e. The number of guanidine groups is 1. The minimum atomic E-state index is -0.818. The van der Waals surface area contributed by atoms with Gasteiger partial charge in [-0.15, -0.1) is 0 Å². The first-order chi connectivity index (χ1) is 13.1. The molecule has 1 aromatic heterocycles. The minimum absolute atomic E-state index is 0.211. The van der Waals surface area contributed by atoms with Crippen LogP contribution in [0.4, 0.5) is 0 Å². The number of aromatic nitrogens is 2. The molecule has 2 aromatic rings. The van der Waals surface area contributed by atoms with Gasteiger partial charge in [-0.25, -0.2) is 4.98 Å². The second kappa shape index (κ2) is 8.98. The topological polar surface area (TPSA) is 109 Å². The maximum Gasteiger partial charge on any atom is 0.322 e. The van der Waals surface area contributed by atoms with E-state index < -0.39 is 11.9 Å². The van der Waals surface area contributed by atoms with Crippen LogP contribution in [0, 0.1) is 5.92 Å². The van der Waals surface area contributed by atoms with Gasteiger partial charge in [-0.05, 0) is 30.2 Å². The van der Waals surface area contributed by atoms with Gasteiger partial charge in [0.2, 0.25) is 0 Å². The number of ether oxygens (including phenoxy) is 1. The highest BCUT2D eigenvalue weighted by atomic mass is 16.5. The van der Waals surface area contributed by atoms with E-state index in [0.29, 0.717) is 30.8 Å². The van der Waals surface area contributed by atoms with Gasteiger partial charge in [0.1, 0.15) is 5.75 Å². The zero-order valence-electron chi connectivity index (χ0n) is 15.2. The van der Waals surface area contributed by atoms with Crippen molar-refractivity contribution in [3.8, 4) is 11.8 Å². The third-order valence-corrected chi connectivity index (χ3v) is 4.26. The Hall–Kier alpha value is -3.16. The van der Waals surface area contributed by atoms with E-state index in [-0.39, 0.29) is 6.01 Å². The molecule has 8 nitrogen and oxygen atoms in total. The number of hydrogen-bond donors (Lipinski definition) is 3. The lowest BCUT2D eigenvalue weighted by Gasteiger charge is -2.10. The number of benzene rings is 1. The van der Waals surface area contributed by atoms with E-state index in [2.05, 4.69) is 25.6 Å². The van der Waals surface area contributed by atoms with Crippen LogP contribution in [0.5, 0.6) is 11.8 Å². The van der Waals surface area contributed by atoms with Crippen molar-refractivity contribution in [2.45, 2.75) is 26.3 Å². The number of hydrogen-bond acceptors (Lipinski definition) is 7. The predicted molar refractivity (Wildman–Crippen MR) is 101 cm³/mol. The van der Waals surface area contributed by atoms with Crippen molar-refractivity contribution in [1.82, 2.24) is 20.6 Å². The highest BCUT2D eigenvalue weighted by Gasteiger charge is 2.17. The van der Waals surface area contributed by atoms with Gasteiger partial charge in [0.25, 0.3) is 0 Å². The van der Waals surface area contributed by atoms with Crippen molar-refractivity contribution in [2.24, 2.45) is 10.9 Å². The highest BCUT2D eigenvalue weighted by Crippen LogP contribution is 2.19. The Labute approximate surface area is 157 Å². The van der Waals surface area contributed by atoms with Crippen LogP contribution in [-0.2, 0) is 17.8 Å². The Morgan fingerprint density at radius 2 is 2.15 bits per heavy atom. The predicted octanol–water partition coefficient (Wildman–Crippen LogP) is 1.97. The van der Waals surface area contributed by atoms with E-state index in [1.54, 1.807) is 12.3 Å². The molecule has 0 spiro atoms. The summed E-state index contributed by atoms with van der Waals surface area (Å²) < 4.78 is 5.70. The average Bonchev–Trinajstić information content (AvgIpc) is 3.19. The van der Waals surface area contributed by atoms with Crippen LogP contribution in [0.2, 0.25) is 0 Å². The number of nitrogens with zero attached hydrogens (tertiary/aromatic N) is 3. The lowest BCUT2D eigenvalue weighted by atomic mass is 10.0. The summed E-state index contributed by atoms with van der Waals surface area (Å²) in [5.41, 5.74) is 1.75. The quantitative estimate of drug-likeness (QED) is 0.653. The van der Waals surface area contributed by atoms with Crippen molar-refractivity contribution in [1.29, 1.82) is 0 Å². The van der Waals surface area contributed by atoms with Gasteiger partial charge in [-0.3, -0.25) is 9.79 Å². The van der Waals surface area contributed by atoms with Crippen LogP contribution in [0.15, 0.2) is 41.5 Å². The van der Waals surface area contributed by atoms with E-state index in [1.165, 1.54) is 0 Å². The SMILES string of the molecule is CCC(Cc1ccnc(Oc2ccc(CNC3=NCCN3)cc2)n1)C(=O)O. The van der Waals surface area contributed by atoms with E-state index >= 15 is 0 Å². The number of carboxylic acids is 1. The molecule has 27 heavy (non-hydrogen) atoms. The van der Waals surface area contributed by atoms with E-state index in [0.717, 1.165) is 24.6 Å². The van der Waals surface area contributed by atoms with Crippen molar-refractivity contribution in [2.75, 3.05) is 13.1 Å². The van der Waals surface area contributed by atoms with Crippen molar-refractivity contribution in [3.05, 3.63) is 47.8 Å². The number of aliphatic imine (C=N–C) groups is 1. The summed E-state index contributed by atoms with van der Waals surface area (Å²) in [6.45, 7) is 4.20. The number of carboxylic acid groups (broad SMARTS) is 1. The highest BCUT2D eigenvalue weighted by molar-refractivity contribution is 5.81. The van der Waals surface area contributed by atoms with E-state index in [9.17, 15) is 9.90 Å². The van der Waals surface area contributed by atoms with Gasteiger partial charge in [-0.1, -0.05) is 19.1 Å². The molecule has 0 saturated carbocycles. The minimum Gasteiger partial charge on any atom is -0.481 e. The molecule has 1 unspecified atom stereocenters. The van der Waals surface area contributed by atoms with Crippen molar-refractivity contribution < 1.29 is 14.6 Å². The monoisotopic (exact) mass is 369 g/mol. The standard InChI is InChI=1S/C19H23N5O3/c1-2-14(17(25)26)11-15-7-8-22-19(24-15)27-16-5-3-13(4-6-16)12-23-18-20-9-10-21-18/h3-8,14H,2,9-12H2,1H3,(H,25,26)(H2,20,21,23). The van der Waals surface area contributed by atoms with Gasteiger partial charge >= 0.3 is 12.0 Å². The molecule has 0 radical (unpaired) electrons. The first-order valence-corrected chi connectivity index (χ1v) is 8.97. The van der Waals surface area contributed by atoms with Crippen molar-refractivity contribution >= 4 is 11.9 Å². The maximum atomic E-state index is 11.2. The van der Waals surface area contributed by atoms with E-state index in [1.807, 2.05) is 31.2 Å². The third kappa shape index (κ3) is 5.40. The summed E-state index contributed by atoms with van der Waals surface area (Å²) in [5, 5.41) is 15.6. The Kier molecular flexibility index (Phi) is 6.19. The van der Waals surface area contributed by atoms with Gasteiger partial charge in [-0.2, -0.15) is 4.98 Å². The lowest BCUT2D eigenvalue weighted by Crippen LogP contribution is -2.33. The second-order valence-corrected chi connectivity index (χ2v) is 6.23. The maximum absolute atomic E-state index is 11.2. The lowest BCUT2D eigenvalue weighted by molar-refractivity contribution is -0.141. The number of aliphatic carboxylic acids is 1. The molecule has 1 aliphatic rings. The fourth-order valence-corrected chi connectivity index (χ4v) is 2.68. The van der Waals surface area contributed by atoms with Crippen LogP contribution in [0.3, 0.4) is 0 Å². The van der Waals surface area contributed by atoms with Gasteiger partial charge in [0.15, 0.2) is 5.96 Å². The average molecular weight is 369 g/mol. The molecule has 2 heterocycles. The molecule has 142 valence electrons. The summed E-state index contributed by atoms with van der Waals surface area (Å²) in [6.07, 6.45) is 2.49. The summed E-state index contributed by atoms with van der Waals surface area (Å²) >= 11 is 0. The molecule has 0 aliphatic carbocycles. The molecule has 1 aromatic carbocycles. The van der Waals surface area contributed by atoms with Gasteiger partial charge in [0, 0.05) is 31.4 Å². The van der Waals surface area contributed by atoms with Crippen LogP contribution in [0.25, 0.3) is 0 Å². The Morgan fingerprint density at radius 1 is 1.33 bits per heavy atom. The Morgan fingerprint density at radius 3 is 2.81 bits per heavy atom. The molecule has 8 heteroatoms. The fraction of sp³-hybridized carbons (Fsp3) is 0.368. The Balaban J connectivity index is 1.58. The first-order valence-electron chi connectivity index (χ1n) is 8.97. The molecule has 0 bridgehead atoms. The number of rotatable bonds is 8. The van der Waals surface area contributed by atoms with Crippen LogP contribution in [-0.4, -0.2) is 40.1 Å². The van der Waals surface area contributed by atoms with Crippen LogP contribution >= 0.6 is 0 Å². The Bertz CT molecular complexity index is 807. The summed E-state index contributed by atoms with van der Waals surface area (Å²) in [6, 6.07) is 9.54. The normalized spacial score (nSPS) is 14.2. The van der Waals surface area contributed by atoms with E-state index in [4.69, 9.17) is 4.74 Å². The molecule has 1 aliphatic heterocycles. The summed E-state index contributed by atoms with van der Waals surface area (Å²) in [5.74, 6) is 0.171. The zero-order chi connectivity index (χ0) is 19.1. The third-order valence-electron chi connectivity index (χ3n) is 4.26. The molecule has 1 atom stereocenters. The molecular weight excluding hydrogens is 346 g/mol. The van der Waals surface area contributed by atoms with Crippen LogP contribution in [0.1, 0.15) is 24.6 Å². The second-order valence-electron chi connectivity index (χ2n) is 6.23. The van der Waals surface area contributed by atoms with Crippen molar-refractivity contribution in [3.63, 3.8) is 0 Å². The van der Waals surface area contributed by atoms with Gasteiger partial charge < -0.3 is 20.5 Å². The number of carbonyl (C=O) groups is 1. The van der Waals surface area contributed by atoms with Crippen LogP contribution < -0.4 is 15.4 Å².